The van der Waals surface area contributed by atoms with Crippen LogP contribution < -0.4 is 4.90 Å². The van der Waals surface area contributed by atoms with Crippen molar-refractivity contribution < 1.29 is 18.0 Å². The van der Waals surface area contributed by atoms with Gasteiger partial charge in [-0.2, -0.15) is 0 Å². The third-order valence-corrected chi connectivity index (χ3v) is 2.87. The molecule has 0 unspecified atom stereocenters. The van der Waals surface area contributed by atoms with Gasteiger partial charge in [-0.05, 0) is 30.3 Å². The molecule has 0 amide bonds. The van der Waals surface area contributed by atoms with Gasteiger partial charge in [-0.1, -0.05) is 12.1 Å². The number of rotatable bonds is 4. The Morgan fingerprint density at radius 1 is 1.05 bits per heavy atom. The van der Waals surface area contributed by atoms with Crippen molar-refractivity contribution in [2.75, 3.05) is 18.5 Å². The van der Waals surface area contributed by atoms with E-state index in [0.717, 1.165) is 18.2 Å². The highest BCUT2D eigenvalue weighted by molar-refractivity contribution is 5.99. The number of carbonyl (C=O) groups excluding carboxylic acids is 1. The molecule has 0 aliphatic carbocycles. The molecule has 0 saturated heterocycles. The molecule has 104 valence electrons. The maximum Gasteiger partial charge on any atom is 0.185 e. The average molecular weight is 279 g/mol. The fourth-order valence-electron chi connectivity index (χ4n) is 1.86. The second-order valence-electron chi connectivity index (χ2n) is 4.35. The predicted octanol–water partition coefficient (Wildman–Crippen LogP) is 3.42. The normalized spacial score (nSPS) is 10.4. The molecule has 0 bridgehead atoms. The van der Waals surface area contributed by atoms with Crippen LogP contribution in [0.1, 0.15) is 10.4 Å². The van der Waals surface area contributed by atoms with E-state index in [4.69, 9.17) is 0 Å². The Morgan fingerprint density at radius 3 is 2.45 bits per heavy atom. The average Bonchev–Trinajstić information content (AvgIpc) is 2.41. The zero-order valence-corrected chi connectivity index (χ0v) is 10.7. The van der Waals surface area contributed by atoms with Crippen molar-refractivity contribution in [2.24, 2.45) is 0 Å². The summed E-state index contributed by atoms with van der Waals surface area (Å²) in [6.45, 7) is -0.249. The Bertz CT molecular complexity index is 643. The molecule has 0 spiro atoms. The van der Waals surface area contributed by atoms with Crippen LogP contribution in [-0.2, 0) is 0 Å². The summed E-state index contributed by atoms with van der Waals surface area (Å²) >= 11 is 0. The SMILES string of the molecule is CN(CC(=O)c1cc(F)ccc1F)c1ccccc1F. The molecule has 5 heteroatoms. The molecule has 0 aliphatic rings. The Kier molecular flexibility index (Phi) is 4.08. The molecule has 0 saturated carbocycles. The topological polar surface area (TPSA) is 20.3 Å². The molecule has 2 aromatic carbocycles. The van der Waals surface area contributed by atoms with Crippen LogP contribution in [-0.4, -0.2) is 19.4 Å². The van der Waals surface area contributed by atoms with Crippen LogP contribution in [0.4, 0.5) is 18.9 Å². The fraction of sp³-hybridized carbons (Fsp3) is 0.133. The van der Waals surface area contributed by atoms with Gasteiger partial charge in [-0.25, -0.2) is 13.2 Å². The van der Waals surface area contributed by atoms with E-state index in [-0.39, 0.29) is 17.8 Å². The number of ketones is 1. The highest BCUT2D eigenvalue weighted by Gasteiger charge is 2.16. The van der Waals surface area contributed by atoms with Gasteiger partial charge >= 0.3 is 0 Å². The lowest BCUT2D eigenvalue weighted by molar-refractivity contribution is 0.0996. The second kappa shape index (κ2) is 5.77. The van der Waals surface area contributed by atoms with Crippen molar-refractivity contribution in [1.82, 2.24) is 0 Å². The Balaban J connectivity index is 2.20. The molecular weight excluding hydrogens is 267 g/mol. The zero-order valence-electron chi connectivity index (χ0n) is 10.7. The number of nitrogens with zero attached hydrogens (tertiary/aromatic N) is 1. The van der Waals surface area contributed by atoms with Gasteiger partial charge in [0.2, 0.25) is 0 Å². The molecular formula is C15H12F3NO. The number of Topliss-reactive ketones (excluding diaryl/α,β-unsaturated/α-hetero) is 1. The quantitative estimate of drug-likeness (QED) is 0.799. The first-order chi connectivity index (χ1) is 9.49. The van der Waals surface area contributed by atoms with Crippen molar-refractivity contribution in [3.8, 4) is 0 Å². The minimum atomic E-state index is -0.793. The molecule has 0 aliphatic heterocycles. The van der Waals surface area contributed by atoms with E-state index in [1.165, 1.54) is 30.1 Å². The van der Waals surface area contributed by atoms with Gasteiger partial charge in [0.05, 0.1) is 17.8 Å². The van der Waals surface area contributed by atoms with Crippen LogP contribution in [0.5, 0.6) is 0 Å². The van der Waals surface area contributed by atoms with E-state index in [0.29, 0.717) is 0 Å². The highest BCUT2D eigenvalue weighted by Crippen LogP contribution is 2.18. The van der Waals surface area contributed by atoms with Crippen molar-refractivity contribution in [2.45, 2.75) is 0 Å². The fourth-order valence-corrected chi connectivity index (χ4v) is 1.86. The summed E-state index contributed by atoms with van der Waals surface area (Å²) in [6, 6.07) is 8.59. The summed E-state index contributed by atoms with van der Waals surface area (Å²) in [6.07, 6.45) is 0. The van der Waals surface area contributed by atoms with Crippen LogP contribution in [0.3, 0.4) is 0 Å². The maximum atomic E-state index is 13.5. The Labute approximate surface area is 114 Å². The number of anilines is 1. The van der Waals surface area contributed by atoms with Crippen molar-refractivity contribution >= 4 is 11.5 Å². The lowest BCUT2D eigenvalue weighted by Crippen LogP contribution is -2.27. The monoisotopic (exact) mass is 279 g/mol. The molecule has 2 rings (SSSR count). The lowest BCUT2D eigenvalue weighted by Gasteiger charge is -2.19. The molecule has 0 aromatic heterocycles. The Morgan fingerprint density at radius 2 is 1.75 bits per heavy atom. The third-order valence-electron chi connectivity index (χ3n) is 2.87. The van der Waals surface area contributed by atoms with E-state index < -0.39 is 23.2 Å². The standard InChI is InChI=1S/C15H12F3NO/c1-19(14-5-3-2-4-13(14)18)9-15(20)11-8-10(16)6-7-12(11)17/h2-8H,9H2,1H3. The van der Waals surface area contributed by atoms with E-state index >= 15 is 0 Å². The molecule has 2 aromatic rings. The van der Waals surface area contributed by atoms with Crippen molar-refractivity contribution in [1.29, 1.82) is 0 Å². The summed E-state index contributed by atoms with van der Waals surface area (Å²) < 4.78 is 40.1. The van der Waals surface area contributed by atoms with Gasteiger partial charge in [0.1, 0.15) is 17.5 Å². The maximum absolute atomic E-state index is 13.5. The number of benzene rings is 2. The van der Waals surface area contributed by atoms with Crippen molar-refractivity contribution in [3.05, 3.63) is 65.5 Å². The van der Waals surface area contributed by atoms with Crippen molar-refractivity contribution in [3.63, 3.8) is 0 Å². The van der Waals surface area contributed by atoms with Gasteiger partial charge in [0.25, 0.3) is 0 Å². The Hall–Kier alpha value is -2.30. The summed E-state index contributed by atoms with van der Waals surface area (Å²) in [5.41, 5.74) is -0.120. The first-order valence-corrected chi connectivity index (χ1v) is 5.93. The van der Waals surface area contributed by atoms with Gasteiger partial charge in [-0.3, -0.25) is 4.79 Å². The largest absolute Gasteiger partial charge is 0.365 e. The van der Waals surface area contributed by atoms with E-state index in [2.05, 4.69) is 0 Å². The molecule has 0 fully saturated rings. The minimum Gasteiger partial charge on any atom is -0.365 e. The van der Waals surface area contributed by atoms with E-state index in [1.807, 2.05) is 0 Å². The van der Waals surface area contributed by atoms with E-state index in [1.54, 1.807) is 6.07 Å². The van der Waals surface area contributed by atoms with Gasteiger partial charge in [-0.15, -0.1) is 0 Å². The number of halogens is 3. The van der Waals surface area contributed by atoms with Gasteiger partial charge < -0.3 is 4.90 Å². The summed E-state index contributed by atoms with van der Waals surface area (Å²) in [4.78, 5) is 13.3. The van der Waals surface area contributed by atoms with Crippen LogP contribution in [0.15, 0.2) is 42.5 Å². The van der Waals surface area contributed by atoms with Crippen LogP contribution in [0.25, 0.3) is 0 Å². The predicted molar refractivity (Wildman–Crippen MR) is 70.4 cm³/mol. The first-order valence-electron chi connectivity index (χ1n) is 5.93. The van der Waals surface area contributed by atoms with Gasteiger partial charge in [0.15, 0.2) is 5.78 Å². The van der Waals surface area contributed by atoms with Crippen LogP contribution in [0.2, 0.25) is 0 Å². The highest BCUT2D eigenvalue weighted by atomic mass is 19.1. The molecule has 0 radical (unpaired) electrons. The number of likely N-dealkylation sites (N-methyl/N-ethyl adjacent to an activating group) is 1. The minimum absolute atomic E-state index is 0.220. The first kappa shape index (κ1) is 14.1. The molecule has 0 atom stereocenters. The summed E-state index contributed by atoms with van der Waals surface area (Å²) in [5.74, 6) is -2.59. The van der Waals surface area contributed by atoms with Gasteiger partial charge in [0, 0.05) is 7.05 Å². The molecule has 2 nitrogen and oxygen atoms in total. The second-order valence-corrected chi connectivity index (χ2v) is 4.35. The number of para-hydroxylation sites is 1. The third kappa shape index (κ3) is 2.99. The van der Waals surface area contributed by atoms with E-state index in [9.17, 15) is 18.0 Å². The summed E-state index contributed by atoms with van der Waals surface area (Å²) in [5, 5.41) is 0. The molecule has 20 heavy (non-hydrogen) atoms. The lowest BCUT2D eigenvalue weighted by atomic mass is 10.1. The van der Waals surface area contributed by atoms with Crippen LogP contribution >= 0.6 is 0 Å². The molecule has 0 N–H and O–H groups in total. The zero-order chi connectivity index (χ0) is 14.7. The van der Waals surface area contributed by atoms with Crippen LogP contribution in [0, 0.1) is 17.5 Å². The number of hydrogen-bond donors (Lipinski definition) is 0. The molecule has 0 heterocycles. The summed E-state index contributed by atoms with van der Waals surface area (Å²) in [7, 11) is 1.51. The smallest absolute Gasteiger partial charge is 0.185 e. The number of hydrogen-bond acceptors (Lipinski definition) is 2. The number of carbonyl (C=O) groups is 1.